The first-order valence-electron chi connectivity index (χ1n) is 8.37. The molecule has 0 atom stereocenters. The van der Waals surface area contributed by atoms with E-state index in [4.69, 9.17) is 9.47 Å². The van der Waals surface area contributed by atoms with Crippen molar-refractivity contribution in [3.63, 3.8) is 0 Å². The molecule has 7 heteroatoms. The van der Waals surface area contributed by atoms with E-state index in [2.05, 4.69) is 4.98 Å². The highest BCUT2D eigenvalue weighted by molar-refractivity contribution is 5.70. The van der Waals surface area contributed by atoms with Crippen molar-refractivity contribution in [3.8, 4) is 0 Å². The van der Waals surface area contributed by atoms with Crippen molar-refractivity contribution in [2.75, 3.05) is 13.1 Å². The maximum absolute atomic E-state index is 12.2. The predicted molar refractivity (Wildman–Crippen MR) is 82.1 cm³/mol. The summed E-state index contributed by atoms with van der Waals surface area (Å²) in [4.78, 5) is 29.6. The normalized spacial score (nSPS) is 20.3. The van der Waals surface area contributed by atoms with Crippen molar-refractivity contribution in [1.29, 1.82) is 0 Å². The molecular formula is C16H23N3O4. The Hall–Kier alpha value is -2.05. The third-order valence-corrected chi connectivity index (χ3v) is 4.50. The summed E-state index contributed by atoms with van der Waals surface area (Å²) in [5, 5.41) is 0. The molecule has 0 N–H and O–H groups in total. The smallest absolute Gasteiger partial charge is 0.419 e. The summed E-state index contributed by atoms with van der Waals surface area (Å²) in [6.07, 6.45) is 10.5. The average molecular weight is 321 g/mol. The van der Waals surface area contributed by atoms with Crippen molar-refractivity contribution >= 4 is 12.2 Å². The van der Waals surface area contributed by atoms with Crippen LogP contribution in [0.15, 0.2) is 18.7 Å². The van der Waals surface area contributed by atoms with E-state index in [1.54, 1.807) is 11.1 Å². The van der Waals surface area contributed by atoms with E-state index >= 15 is 0 Å². The van der Waals surface area contributed by atoms with Gasteiger partial charge in [-0.15, -0.1) is 0 Å². The molecule has 1 aliphatic carbocycles. The summed E-state index contributed by atoms with van der Waals surface area (Å²) in [5.74, 6) is 0. The van der Waals surface area contributed by atoms with Gasteiger partial charge in [-0.1, -0.05) is 6.42 Å². The van der Waals surface area contributed by atoms with E-state index in [0.29, 0.717) is 25.9 Å². The quantitative estimate of drug-likeness (QED) is 0.837. The minimum atomic E-state index is -0.425. The SMILES string of the molecule is O=C(OC1CCCCC1)N1CCC(OC(=O)n2ccnc2)CC1. The zero-order valence-electron chi connectivity index (χ0n) is 13.2. The number of likely N-dealkylation sites (tertiary alicyclic amines) is 1. The molecule has 1 aromatic rings. The van der Waals surface area contributed by atoms with Crippen molar-refractivity contribution < 1.29 is 19.1 Å². The topological polar surface area (TPSA) is 73.7 Å². The van der Waals surface area contributed by atoms with Gasteiger partial charge in [0.1, 0.15) is 18.5 Å². The van der Waals surface area contributed by atoms with Crippen molar-refractivity contribution in [1.82, 2.24) is 14.5 Å². The molecule has 3 rings (SSSR count). The summed E-state index contributed by atoms with van der Waals surface area (Å²) in [7, 11) is 0. The number of carbonyl (C=O) groups is 2. The molecule has 0 bridgehead atoms. The van der Waals surface area contributed by atoms with Crippen LogP contribution in [0.2, 0.25) is 0 Å². The number of nitrogens with zero attached hydrogens (tertiary/aromatic N) is 3. The fourth-order valence-electron chi connectivity index (χ4n) is 3.13. The van der Waals surface area contributed by atoms with Crippen LogP contribution in [0.5, 0.6) is 0 Å². The van der Waals surface area contributed by atoms with Gasteiger partial charge in [0.15, 0.2) is 0 Å². The van der Waals surface area contributed by atoms with Gasteiger partial charge in [0, 0.05) is 38.3 Å². The van der Waals surface area contributed by atoms with E-state index in [0.717, 1.165) is 25.7 Å². The Kier molecular flexibility index (Phi) is 5.15. The molecule has 2 heterocycles. The molecule has 0 unspecified atom stereocenters. The van der Waals surface area contributed by atoms with Crippen LogP contribution in [-0.2, 0) is 9.47 Å². The van der Waals surface area contributed by atoms with Crippen LogP contribution >= 0.6 is 0 Å². The minimum Gasteiger partial charge on any atom is -0.446 e. The van der Waals surface area contributed by atoms with Gasteiger partial charge in [-0.05, 0) is 25.7 Å². The summed E-state index contributed by atoms with van der Waals surface area (Å²) in [6, 6.07) is 0. The lowest BCUT2D eigenvalue weighted by Crippen LogP contribution is -2.43. The van der Waals surface area contributed by atoms with Crippen molar-refractivity contribution in [3.05, 3.63) is 18.7 Å². The van der Waals surface area contributed by atoms with Crippen LogP contribution in [0.1, 0.15) is 44.9 Å². The van der Waals surface area contributed by atoms with Crippen LogP contribution in [0.3, 0.4) is 0 Å². The largest absolute Gasteiger partial charge is 0.446 e. The lowest BCUT2D eigenvalue weighted by Gasteiger charge is -2.32. The van der Waals surface area contributed by atoms with Crippen LogP contribution < -0.4 is 0 Å². The standard InChI is InChI=1S/C16H23N3O4/c20-15(22-13-4-2-1-3-5-13)18-9-6-14(7-10-18)23-16(21)19-11-8-17-12-19/h8,11-14H,1-7,9-10H2. The molecule has 2 aliphatic rings. The summed E-state index contributed by atoms with van der Waals surface area (Å²) in [5.41, 5.74) is 0. The van der Waals surface area contributed by atoms with Crippen LogP contribution in [-0.4, -0.2) is 51.9 Å². The van der Waals surface area contributed by atoms with E-state index < -0.39 is 6.09 Å². The molecule has 23 heavy (non-hydrogen) atoms. The second-order valence-corrected chi connectivity index (χ2v) is 6.18. The molecule has 1 aromatic heterocycles. The highest BCUT2D eigenvalue weighted by Gasteiger charge is 2.28. The van der Waals surface area contributed by atoms with Gasteiger partial charge in [0.25, 0.3) is 0 Å². The number of hydrogen-bond donors (Lipinski definition) is 0. The first kappa shape index (κ1) is 15.8. The lowest BCUT2D eigenvalue weighted by molar-refractivity contribution is 0.0204. The number of imidazole rings is 1. The van der Waals surface area contributed by atoms with E-state index in [-0.39, 0.29) is 18.3 Å². The molecular weight excluding hydrogens is 298 g/mol. The van der Waals surface area contributed by atoms with Crippen LogP contribution in [0.25, 0.3) is 0 Å². The Balaban J connectivity index is 1.41. The second kappa shape index (κ2) is 7.48. The van der Waals surface area contributed by atoms with Gasteiger partial charge in [0.2, 0.25) is 0 Å². The molecule has 0 spiro atoms. The Morgan fingerprint density at radius 3 is 2.22 bits per heavy atom. The molecule has 0 aromatic carbocycles. The van der Waals surface area contributed by atoms with Crippen LogP contribution in [0, 0.1) is 0 Å². The molecule has 1 saturated carbocycles. The van der Waals surface area contributed by atoms with E-state index in [9.17, 15) is 9.59 Å². The minimum absolute atomic E-state index is 0.0769. The lowest BCUT2D eigenvalue weighted by atomic mass is 9.98. The first-order valence-corrected chi connectivity index (χ1v) is 8.37. The third kappa shape index (κ3) is 4.24. The number of carbonyl (C=O) groups excluding carboxylic acids is 2. The maximum atomic E-state index is 12.2. The molecule has 126 valence electrons. The van der Waals surface area contributed by atoms with Crippen molar-refractivity contribution in [2.24, 2.45) is 0 Å². The fraction of sp³-hybridized carbons (Fsp3) is 0.688. The number of aromatic nitrogens is 2. The Morgan fingerprint density at radius 1 is 0.913 bits per heavy atom. The van der Waals surface area contributed by atoms with Gasteiger partial charge in [-0.25, -0.2) is 19.1 Å². The number of amides is 1. The monoisotopic (exact) mass is 321 g/mol. The number of hydrogen-bond acceptors (Lipinski definition) is 5. The second-order valence-electron chi connectivity index (χ2n) is 6.18. The molecule has 1 aliphatic heterocycles. The van der Waals surface area contributed by atoms with Crippen LogP contribution in [0.4, 0.5) is 9.59 Å². The molecule has 1 amide bonds. The van der Waals surface area contributed by atoms with Crippen molar-refractivity contribution in [2.45, 2.75) is 57.2 Å². The zero-order valence-corrected chi connectivity index (χ0v) is 13.2. The fourth-order valence-corrected chi connectivity index (χ4v) is 3.13. The van der Waals surface area contributed by atoms with E-state index in [1.807, 2.05) is 0 Å². The highest BCUT2D eigenvalue weighted by Crippen LogP contribution is 2.22. The van der Waals surface area contributed by atoms with Gasteiger partial charge >= 0.3 is 12.2 Å². The van der Waals surface area contributed by atoms with E-state index in [1.165, 1.54) is 23.5 Å². The molecule has 1 saturated heterocycles. The Morgan fingerprint density at radius 2 is 1.57 bits per heavy atom. The average Bonchev–Trinajstić information content (AvgIpc) is 3.11. The zero-order chi connectivity index (χ0) is 16.1. The number of rotatable bonds is 2. The number of ether oxygens (including phenoxy) is 2. The predicted octanol–water partition coefficient (Wildman–Crippen LogP) is 2.80. The first-order chi connectivity index (χ1) is 11.2. The Labute approximate surface area is 135 Å². The maximum Gasteiger partial charge on any atom is 0.419 e. The molecule has 2 fully saturated rings. The summed E-state index contributed by atoms with van der Waals surface area (Å²) >= 11 is 0. The van der Waals surface area contributed by atoms with Gasteiger partial charge in [-0.3, -0.25) is 0 Å². The van der Waals surface area contributed by atoms with Gasteiger partial charge in [-0.2, -0.15) is 0 Å². The van der Waals surface area contributed by atoms with Gasteiger partial charge < -0.3 is 14.4 Å². The third-order valence-electron chi connectivity index (χ3n) is 4.50. The van der Waals surface area contributed by atoms with Gasteiger partial charge in [0.05, 0.1) is 0 Å². The Bertz CT molecular complexity index is 517. The molecule has 7 nitrogen and oxygen atoms in total. The summed E-state index contributed by atoms with van der Waals surface area (Å²) in [6.45, 7) is 1.13. The highest BCUT2D eigenvalue weighted by atomic mass is 16.6. The summed E-state index contributed by atoms with van der Waals surface area (Å²) < 4.78 is 12.3. The molecule has 0 radical (unpaired) electrons. The number of piperidine rings is 1.